The largest absolute Gasteiger partial charge is 0.460 e. The molecule has 0 aliphatic carbocycles. The molecule has 1 aromatic carbocycles. The molecule has 0 aliphatic rings. The molecule has 1 rings (SSSR count). The Bertz CT molecular complexity index is 636. The van der Waals surface area contributed by atoms with Crippen molar-refractivity contribution in [2.45, 2.75) is 44.7 Å². The van der Waals surface area contributed by atoms with Crippen LogP contribution in [0, 0.1) is 20.8 Å². The highest BCUT2D eigenvalue weighted by molar-refractivity contribution is 6.04. The van der Waals surface area contributed by atoms with E-state index in [1.54, 1.807) is 0 Å². The van der Waals surface area contributed by atoms with E-state index in [2.05, 4.69) is 0 Å². The molecule has 0 amide bonds. The molecule has 0 aromatic heterocycles. The normalized spacial score (nSPS) is 14.0. The minimum atomic E-state index is -7.09. The summed E-state index contributed by atoms with van der Waals surface area (Å²) < 4.78 is 116. The van der Waals surface area contributed by atoms with Crippen molar-refractivity contribution in [2.75, 3.05) is 0 Å². The molecule has 0 heterocycles. The van der Waals surface area contributed by atoms with Crippen LogP contribution < -0.4 is 0 Å². The number of rotatable bonds is 4. The topological polar surface area (TPSA) is 17.1 Å². The lowest BCUT2D eigenvalue weighted by Crippen LogP contribution is -2.63. The second-order valence-corrected chi connectivity index (χ2v) is 5.32. The molecule has 0 bridgehead atoms. The lowest BCUT2D eigenvalue weighted by atomic mass is 9.90. The molecule has 136 valence electrons. The Hall–Kier alpha value is -1.74. The van der Waals surface area contributed by atoms with Crippen LogP contribution in [0.25, 0.3) is 0 Å². The highest BCUT2D eigenvalue weighted by atomic mass is 19.4. The summed E-state index contributed by atoms with van der Waals surface area (Å²) in [5, 5.41) is 0. The average molecular weight is 366 g/mol. The summed E-state index contributed by atoms with van der Waals surface area (Å²) in [6.07, 6.45) is -6.96. The molecule has 24 heavy (non-hydrogen) atoms. The Kier molecular flexibility index (Phi) is 4.79. The zero-order valence-electron chi connectivity index (χ0n) is 12.5. The molecular weight excluding hydrogens is 355 g/mol. The SMILES string of the molecule is Cc1cc(C)c(C(=O)C(F)(F)C(F)(F)C(F)(F)C(F)(F)F)c(C)c1. The van der Waals surface area contributed by atoms with Crippen molar-refractivity contribution in [3.63, 3.8) is 0 Å². The summed E-state index contributed by atoms with van der Waals surface area (Å²) in [6, 6.07) is 2.27. The number of hydrogen-bond acceptors (Lipinski definition) is 1. The van der Waals surface area contributed by atoms with Crippen LogP contribution in [0.5, 0.6) is 0 Å². The minimum absolute atomic E-state index is 0.247. The quantitative estimate of drug-likeness (QED) is 0.525. The van der Waals surface area contributed by atoms with Gasteiger partial charge in [-0.05, 0) is 31.9 Å². The highest BCUT2D eigenvalue weighted by Crippen LogP contribution is 2.54. The lowest BCUT2D eigenvalue weighted by molar-refractivity contribution is -0.386. The molecule has 10 heteroatoms. The smallest absolute Gasteiger partial charge is 0.287 e. The molecule has 1 nitrogen and oxygen atoms in total. The van der Waals surface area contributed by atoms with Crippen molar-refractivity contribution in [2.24, 2.45) is 0 Å². The Morgan fingerprint density at radius 2 is 1.12 bits per heavy atom. The van der Waals surface area contributed by atoms with Gasteiger partial charge in [-0.3, -0.25) is 4.79 Å². The van der Waals surface area contributed by atoms with E-state index in [4.69, 9.17) is 0 Å². The fourth-order valence-electron chi connectivity index (χ4n) is 2.21. The van der Waals surface area contributed by atoms with E-state index in [9.17, 15) is 44.3 Å². The van der Waals surface area contributed by atoms with Gasteiger partial charge in [0.25, 0.3) is 0 Å². The molecule has 0 fully saturated rings. The maximum atomic E-state index is 13.7. The summed E-state index contributed by atoms with van der Waals surface area (Å²) in [4.78, 5) is 11.7. The van der Waals surface area contributed by atoms with E-state index >= 15 is 0 Å². The van der Waals surface area contributed by atoms with Gasteiger partial charge in [-0.1, -0.05) is 17.7 Å². The van der Waals surface area contributed by atoms with Crippen LogP contribution in [0.1, 0.15) is 27.0 Å². The van der Waals surface area contributed by atoms with E-state index in [-0.39, 0.29) is 11.1 Å². The number of benzene rings is 1. The van der Waals surface area contributed by atoms with Crippen LogP contribution in [0.3, 0.4) is 0 Å². The van der Waals surface area contributed by atoms with Crippen LogP contribution in [0.15, 0.2) is 12.1 Å². The second-order valence-electron chi connectivity index (χ2n) is 5.32. The second kappa shape index (κ2) is 5.66. The highest BCUT2D eigenvalue weighted by Gasteiger charge is 2.83. The van der Waals surface area contributed by atoms with Gasteiger partial charge in [0.1, 0.15) is 0 Å². The first-order valence-electron chi connectivity index (χ1n) is 6.31. The van der Waals surface area contributed by atoms with Crippen LogP contribution in [0.2, 0.25) is 0 Å². The Balaban J connectivity index is 3.52. The van der Waals surface area contributed by atoms with E-state index in [1.807, 2.05) is 0 Å². The average Bonchev–Trinajstić information content (AvgIpc) is 2.35. The van der Waals surface area contributed by atoms with Gasteiger partial charge in [-0.15, -0.1) is 0 Å². The number of alkyl halides is 9. The molecule has 0 N–H and O–H groups in total. The molecule has 0 saturated heterocycles. The van der Waals surface area contributed by atoms with Crippen molar-refractivity contribution < 1.29 is 44.3 Å². The number of carbonyl (C=O) groups is 1. The van der Waals surface area contributed by atoms with Crippen molar-refractivity contribution >= 4 is 5.78 Å². The Labute approximate surface area is 130 Å². The standard InChI is InChI=1S/C14H11F9O/c1-6-4-7(2)9(8(3)5-6)10(24)11(15,16)12(17,18)13(19,20)14(21,22)23/h4-5H,1-3H3. The van der Waals surface area contributed by atoms with Crippen LogP contribution in [-0.4, -0.2) is 29.7 Å². The third-order valence-electron chi connectivity index (χ3n) is 3.33. The van der Waals surface area contributed by atoms with E-state index in [0.717, 1.165) is 26.0 Å². The fourth-order valence-corrected chi connectivity index (χ4v) is 2.21. The Morgan fingerprint density at radius 3 is 1.46 bits per heavy atom. The number of carbonyl (C=O) groups excluding carboxylic acids is 1. The first kappa shape index (κ1) is 20.3. The zero-order chi connectivity index (χ0) is 19.3. The first-order chi connectivity index (χ1) is 10.5. The first-order valence-corrected chi connectivity index (χ1v) is 6.31. The van der Waals surface area contributed by atoms with Crippen LogP contribution >= 0.6 is 0 Å². The maximum Gasteiger partial charge on any atom is 0.460 e. The summed E-state index contributed by atoms with van der Waals surface area (Å²) >= 11 is 0. The number of hydrogen-bond donors (Lipinski definition) is 0. The van der Waals surface area contributed by atoms with Crippen molar-refractivity contribution in [1.82, 2.24) is 0 Å². The summed E-state index contributed by atoms with van der Waals surface area (Å²) in [6.45, 7) is 3.63. The molecule has 0 atom stereocenters. The fraction of sp³-hybridized carbons (Fsp3) is 0.500. The molecule has 0 saturated carbocycles. The van der Waals surface area contributed by atoms with Gasteiger partial charge in [-0.25, -0.2) is 0 Å². The van der Waals surface area contributed by atoms with Gasteiger partial charge >= 0.3 is 23.9 Å². The van der Waals surface area contributed by atoms with Gasteiger partial charge < -0.3 is 0 Å². The summed E-state index contributed by atoms with van der Waals surface area (Å²) in [7, 11) is 0. The van der Waals surface area contributed by atoms with E-state index in [1.165, 1.54) is 6.92 Å². The van der Waals surface area contributed by atoms with Crippen molar-refractivity contribution in [3.8, 4) is 0 Å². The monoisotopic (exact) mass is 366 g/mol. The van der Waals surface area contributed by atoms with Crippen molar-refractivity contribution in [1.29, 1.82) is 0 Å². The number of halogens is 9. The predicted octanol–water partition coefficient (Wildman–Crippen LogP) is 5.26. The number of aryl methyl sites for hydroxylation is 3. The summed E-state index contributed by atoms with van der Waals surface area (Å²) in [5.41, 5.74) is -1.06. The molecule has 0 radical (unpaired) electrons. The Morgan fingerprint density at radius 1 is 0.750 bits per heavy atom. The van der Waals surface area contributed by atoms with Gasteiger partial charge in [0.15, 0.2) is 0 Å². The number of Topliss-reactive ketones (excluding diaryl/α,β-unsaturated/α-hetero) is 1. The maximum absolute atomic E-state index is 13.7. The van der Waals surface area contributed by atoms with Crippen LogP contribution in [0.4, 0.5) is 39.5 Å². The third-order valence-corrected chi connectivity index (χ3v) is 3.33. The lowest BCUT2D eigenvalue weighted by Gasteiger charge is -2.33. The van der Waals surface area contributed by atoms with Gasteiger partial charge in [-0.2, -0.15) is 39.5 Å². The molecule has 1 aromatic rings. The van der Waals surface area contributed by atoms with Gasteiger partial charge in [0, 0.05) is 5.56 Å². The van der Waals surface area contributed by atoms with E-state index < -0.39 is 35.3 Å². The molecule has 0 spiro atoms. The zero-order valence-corrected chi connectivity index (χ0v) is 12.5. The predicted molar refractivity (Wildman–Crippen MR) is 65.9 cm³/mol. The van der Waals surface area contributed by atoms with E-state index in [0.29, 0.717) is 5.56 Å². The molecule has 0 aliphatic heterocycles. The molecular formula is C14H11F9O. The van der Waals surface area contributed by atoms with Gasteiger partial charge in [0.05, 0.1) is 0 Å². The van der Waals surface area contributed by atoms with Crippen LogP contribution in [-0.2, 0) is 0 Å². The van der Waals surface area contributed by atoms with Crippen molar-refractivity contribution in [3.05, 3.63) is 34.4 Å². The minimum Gasteiger partial charge on any atom is -0.287 e. The molecule has 0 unspecified atom stereocenters. The summed E-state index contributed by atoms with van der Waals surface area (Å²) in [5.74, 6) is -23.1. The van der Waals surface area contributed by atoms with Gasteiger partial charge in [0.2, 0.25) is 5.78 Å². The number of ketones is 1. The third kappa shape index (κ3) is 2.86.